The smallest absolute Gasteiger partial charge is 0.257 e. The van der Waals surface area contributed by atoms with Crippen LogP contribution in [0.15, 0.2) is 23.7 Å². The van der Waals surface area contributed by atoms with E-state index in [1.807, 2.05) is 35.7 Å². The van der Waals surface area contributed by atoms with Gasteiger partial charge in [0.05, 0.1) is 10.4 Å². The highest BCUT2D eigenvalue weighted by molar-refractivity contribution is 7.13. The lowest BCUT2D eigenvalue weighted by Gasteiger charge is -2.27. The van der Waals surface area contributed by atoms with E-state index in [4.69, 9.17) is 0 Å². The summed E-state index contributed by atoms with van der Waals surface area (Å²) in [6, 6.07) is 3.98. The number of hydrogen-bond acceptors (Lipinski definition) is 4. The normalized spacial score (nSPS) is 15.7. The SMILES string of the molecule is Cn1cc(C(=O)N2CCNCC2)c(-c2cccs2)n1. The molecular weight excluding hydrogens is 260 g/mol. The Bertz CT molecular complexity index is 569. The van der Waals surface area contributed by atoms with Crippen molar-refractivity contribution in [3.63, 3.8) is 0 Å². The number of carbonyl (C=O) groups is 1. The molecule has 0 radical (unpaired) electrons. The summed E-state index contributed by atoms with van der Waals surface area (Å²) in [5.41, 5.74) is 1.49. The summed E-state index contributed by atoms with van der Waals surface area (Å²) >= 11 is 1.61. The summed E-state index contributed by atoms with van der Waals surface area (Å²) in [5.74, 6) is 0.0815. The number of thiophene rings is 1. The van der Waals surface area contributed by atoms with Crippen molar-refractivity contribution in [3.05, 3.63) is 29.3 Å². The third-order valence-corrected chi connectivity index (χ3v) is 4.09. The number of aryl methyl sites for hydroxylation is 1. The topological polar surface area (TPSA) is 50.2 Å². The predicted molar refractivity (Wildman–Crippen MR) is 75.3 cm³/mol. The van der Waals surface area contributed by atoms with Gasteiger partial charge in [-0.2, -0.15) is 5.10 Å². The number of nitrogens with zero attached hydrogens (tertiary/aromatic N) is 3. The van der Waals surface area contributed by atoms with E-state index in [9.17, 15) is 4.79 Å². The molecule has 100 valence electrons. The fourth-order valence-electron chi connectivity index (χ4n) is 2.28. The van der Waals surface area contributed by atoms with Crippen LogP contribution in [0.4, 0.5) is 0 Å². The van der Waals surface area contributed by atoms with Crippen LogP contribution in [-0.4, -0.2) is 46.8 Å². The maximum Gasteiger partial charge on any atom is 0.257 e. The number of carbonyl (C=O) groups excluding carboxylic acids is 1. The summed E-state index contributed by atoms with van der Waals surface area (Å²) in [6.45, 7) is 3.25. The number of rotatable bonds is 2. The lowest BCUT2D eigenvalue weighted by Crippen LogP contribution is -2.46. The van der Waals surface area contributed by atoms with Gasteiger partial charge in [0.1, 0.15) is 5.69 Å². The highest BCUT2D eigenvalue weighted by Gasteiger charge is 2.23. The van der Waals surface area contributed by atoms with Gasteiger partial charge in [0.15, 0.2) is 0 Å². The first-order chi connectivity index (χ1) is 9.25. The van der Waals surface area contributed by atoms with Gasteiger partial charge < -0.3 is 10.2 Å². The second-order valence-corrected chi connectivity index (χ2v) is 5.53. The van der Waals surface area contributed by atoms with Crippen LogP contribution in [0.2, 0.25) is 0 Å². The van der Waals surface area contributed by atoms with E-state index in [0.29, 0.717) is 5.56 Å². The van der Waals surface area contributed by atoms with Gasteiger partial charge in [-0.25, -0.2) is 0 Å². The first-order valence-corrected chi connectivity index (χ1v) is 7.21. The van der Waals surface area contributed by atoms with Crippen molar-refractivity contribution in [3.8, 4) is 10.6 Å². The molecule has 0 aliphatic carbocycles. The van der Waals surface area contributed by atoms with Gasteiger partial charge >= 0.3 is 0 Å². The second-order valence-electron chi connectivity index (χ2n) is 4.58. The second kappa shape index (κ2) is 5.14. The van der Waals surface area contributed by atoms with Crippen LogP contribution in [0.3, 0.4) is 0 Å². The summed E-state index contributed by atoms with van der Waals surface area (Å²) in [5, 5.41) is 9.69. The van der Waals surface area contributed by atoms with Crippen molar-refractivity contribution < 1.29 is 4.79 Å². The van der Waals surface area contributed by atoms with Crippen LogP contribution in [0.5, 0.6) is 0 Å². The number of aromatic nitrogens is 2. The zero-order valence-electron chi connectivity index (χ0n) is 10.8. The van der Waals surface area contributed by atoms with E-state index >= 15 is 0 Å². The van der Waals surface area contributed by atoms with Crippen LogP contribution < -0.4 is 5.32 Å². The van der Waals surface area contributed by atoms with Crippen molar-refractivity contribution >= 4 is 17.2 Å². The van der Waals surface area contributed by atoms with Crippen LogP contribution in [-0.2, 0) is 7.05 Å². The molecule has 0 aromatic carbocycles. The first-order valence-electron chi connectivity index (χ1n) is 6.33. The van der Waals surface area contributed by atoms with Gasteiger partial charge in [-0.15, -0.1) is 11.3 Å². The molecule has 0 bridgehead atoms. The Hall–Kier alpha value is -1.66. The molecule has 1 N–H and O–H groups in total. The van der Waals surface area contributed by atoms with Gasteiger partial charge in [-0.3, -0.25) is 9.48 Å². The minimum Gasteiger partial charge on any atom is -0.336 e. The van der Waals surface area contributed by atoms with Gasteiger partial charge in [0.2, 0.25) is 0 Å². The van der Waals surface area contributed by atoms with Crippen LogP contribution in [0.25, 0.3) is 10.6 Å². The molecule has 1 aliphatic heterocycles. The lowest BCUT2D eigenvalue weighted by atomic mass is 10.2. The molecular formula is C13H16N4OS. The molecule has 1 aliphatic rings. The number of nitrogens with one attached hydrogen (secondary N) is 1. The van der Waals surface area contributed by atoms with Crippen molar-refractivity contribution in [1.82, 2.24) is 20.0 Å². The van der Waals surface area contributed by atoms with Gasteiger partial charge in [-0.05, 0) is 11.4 Å². The third kappa shape index (κ3) is 2.41. The summed E-state index contributed by atoms with van der Waals surface area (Å²) < 4.78 is 1.71. The largest absolute Gasteiger partial charge is 0.336 e. The predicted octanol–water partition coefficient (Wildman–Crippen LogP) is 1.19. The van der Waals surface area contributed by atoms with E-state index in [-0.39, 0.29) is 5.91 Å². The average Bonchev–Trinajstić information content (AvgIpc) is 3.07. The van der Waals surface area contributed by atoms with Crippen LogP contribution in [0, 0.1) is 0 Å². The quantitative estimate of drug-likeness (QED) is 0.896. The first kappa shape index (κ1) is 12.4. The molecule has 0 atom stereocenters. The highest BCUT2D eigenvalue weighted by Crippen LogP contribution is 2.27. The molecule has 0 saturated carbocycles. The molecule has 19 heavy (non-hydrogen) atoms. The molecule has 0 unspecified atom stereocenters. The number of piperazine rings is 1. The van der Waals surface area contributed by atoms with E-state index in [0.717, 1.165) is 36.8 Å². The summed E-state index contributed by atoms with van der Waals surface area (Å²) in [6.07, 6.45) is 1.82. The average molecular weight is 276 g/mol. The molecule has 3 rings (SSSR count). The lowest BCUT2D eigenvalue weighted by molar-refractivity contribution is 0.0736. The Morgan fingerprint density at radius 3 is 2.89 bits per heavy atom. The third-order valence-electron chi connectivity index (χ3n) is 3.22. The Morgan fingerprint density at radius 2 is 2.21 bits per heavy atom. The van der Waals surface area contributed by atoms with Crippen molar-refractivity contribution in [1.29, 1.82) is 0 Å². The maximum atomic E-state index is 12.6. The minimum atomic E-state index is 0.0815. The molecule has 6 heteroatoms. The molecule has 2 aromatic rings. The molecule has 1 amide bonds. The maximum absolute atomic E-state index is 12.6. The zero-order valence-corrected chi connectivity index (χ0v) is 11.6. The fraction of sp³-hybridized carbons (Fsp3) is 0.385. The van der Waals surface area contributed by atoms with Crippen molar-refractivity contribution in [2.75, 3.05) is 26.2 Å². The van der Waals surface area contributed by atoms with Gasteiger partial charge in [0.25, 0.3) is 5.91 Å². The van der Waals surface area contributed by atoms with Crippen molar-refractivity contribution in [2.24, 2.45) is 7.05 Å². The Kier molecular flexibility index (Phi) is 3.35. The van der Waals surface area contributed by atoms with Gasteiger partial charge in [0, 0.05) is 39.4 Å². The van der Waals surface area contributed by atoms with Crippen LogP contribution in [0.1, 0.15) is 10.4 Å². The standard InChI is InChI=1S/C13H16N4OS/c1-16-9-10(12(15-16)11-3-2-8-19-11)13(18)17-6-4-14-5-7-17/h2-3,8-9,14H,4-7H2,1H3. The molecule has 3 heterocycles. The van der Waals surface area contributed by atoms with Crippen LogP contribution >= 0.6 is 11.3 Å². The molecule has 2 aromatic heterocycles. The van der Waals surface area contributed by atoms with Gasteiger partial charge in [-0.1, -0.05) is 6.07 Å². The Labute approximate surface area is 115 Å². The fourth-order valence-corrected chi connectivity index (χ4v) is 3.00. The highest BCUT2D eigenvalue weighted by atomic mass is 32.1. The molecule has 5 nitrogen and oxygen atoms in total. The summed E-state index contributed by atoms with van der Waals surface area (Å²) in [4.78, 5) is 15.5. The molecule has 0 spiro atoms. The number of amides is 1. The number of hydrogen-bond donors (Lipinski definition) is 1. The Balaban J connectivity index is 1.93. The summed E-state index contributed by atoms with van der Waals surface area (Å²) in [7, 11) is 1.85. The molecule has 1 fully saturated rings. The van der Waals surface area contributed by atoms with E-state index in [2.05, 4.69) is 10.4 Å². The Morgan fingerprint density at radius 1 is 1.42 bits per heavy atom. The molecule has 1 saturated heterocycles. The minimum absolute atomic E-state index is 0.0815. The van der Waals surface area contributed by atoms with E-state index in [1.54, 1.807) is 16.0 Å². The monoisotopic (exact) mass is 276 g/mol. The zero-order chi connectivity index (χ0) is 13.2. The van der Waals surface area contributed by atoms with E-state index < -0.39 is 0 Å². The van der Waals surface area contributed by atoms with Crippen molar-refractivity contribution in [2.45, 2.75) is 0 Å². The van der Waals surface area contributed by atoms with E-state index in [1.165, 1.54) is 0 Å².